The van der Waals surface area contributed by atoms with Gasteiger partial charge >= 0.3 is 0 Å². The van der Waals surface area contributed by atoms with Crippen molar-refractivity contribution in [2.75, 3.05) is 7.11 Å². The van der Waals surface area contributed by atoms with E-state index >= 15 is 0 Å². The van der Waals surface area contributed by atoms with Crippen molar-refractivity contribution in [1.29, 1.82) is 0 Å². The number of nitrogens with zero attached hydrogens (tertiary/aromatic N) is 1. The van der Waals surface area contributed by atoms with Crippen LogP contribution >= 0.6 is 27.5 Å². The minimum absolute atomic E-state index is 0.242. The first-order valence-corrected chi connectivity index (χ1v) is 4.79. The Morgan fingerprint density at radius 1 is 1.92 bits per heavy atom. The highest BCUT2D eigenvalue weighted by atomic mass is 79.9. The quantitative estimate of drug-likeness (QED) is 0.824. The molecule has 66 valence electrons. The highest BCUT2D eigenvalue weighted by Gasteiger charge is 2.08. The first-order valence-electron chi connectivity index (χ1n) is 3.12. The number of rotatable bonds is 3. The number of nitrogens with one attached hydrogen (secondary N) is 1. The SMILES string of the molecule is COCc1nc(C(=O)NBr)cs1. The predicted molar refractivity (Wildman–Crippen MR) is 49.2 cm³/mol. The van der Waals surface area contributed by atoms with Gasteiger partial charge in [0, 0.05) is 28.6 Å². The number of halogens is 1. The zero-order chi connectivity index (χ0) is 8.97. The molecule has 0 saturated heterocycles. The van der Waals surface area contributed by atoms with Gasteiger partial charge in [-0.3, -0.25) is 9.14 Å². The summed E-state index contributed by atoms with van der Waals surface area (Å²) in [4.78, 5) is 15.0. The highest BCUT2D eigenvalue weighted by Crippen LogP contribution is 2.10. The number of thiazole rings is 1. The third-order valence-corrected chi connectivity index (χ3v) is 2.32. The molecule has 0 saturated carbocycles. The number of amides is 1. The van der Waals surface area contributed by atoms with Crippen LogP contribution in [-0.2, 0) is 11.3 Å². The first kappa shape index (κ1) is 9.63. The number of hydrogen-bond acceptors (Lipinski definition) is 4. The van der Waals surface area contributed by atoms with Crippen molar-refractivity contribution < 1.29 is 9.53 Å². The second kappa shape index (κ2) is 4.54. The molecule has 6 heteroatoms. The van der Waals surface area contributed by atoms with Crippen LogP contribution in [0.5, 0.6) is 0 Å². The van der Waals surface area contributed by atoms with Gasteiger partial charge in [-0.2, -0.15) is 0 Å². The molecule has 1 N–H and O–H groups in total. The zero-order valence-electron chi connectivity index (χ0n) is 6.33. The van der Waals surface area contributed by atoms with Gasteiger partial charge in [0.15, 0.2) is 0 Å². The van der Waals surface area contributed by atoms with Gasteiger partial charge in [-0.25, -0.2) is 4.98 Å². The molecule has 0 bridgehead atoms. The Morgan fingerprint density at radius 3 is 3.25 bits per heavy atom. The molecule has 1 rings (SSSR count). The van der Waals surface area contributed by atoms with E-state index in [4.69, 9.17) is 4.74 Å². The lowest BCUT2D eigenvalue weighted by atomic mass is 10.5. The van der Waals surface area contributed by atoms with Gasteiger partial charge in [0.2, 0.25) is 0 Å². The Kier molecular flexibility index (Phi) is 3.64. The second-order valence-electron chi connectivity index (χ2n) is 1.98. The van der Waals surface area contributed by atoms with Crippen molar-refractivity contribution in [3.63, 3.8) is 0 Å². The summed E-state index contributed by atoms with van der Waals surface area (Å²) in [7, 11) is 1.59. The molecular weight excluding hydrogens is 244 g/mol. The standard InChI is InChI=1S/C6H7BrN2O2S/c1-11-2-5-8-4(3-12-5)6(10)9-7/h3H,2H2,1H3,(H,9,10). The van der Waals surface area contributed by atoms with Gasteiger partial charge in [-0.05, 0) is 0 Å². The molecule has 1 aromatic rings. The third kappa shape index (κ3) is 2.26. The van der Waals surface area contributed by atoms with E-state index in [-0.39, 0.29) is 5.91 Å². The molecule has 0 aliphatic rings. The average molecular weight is 251 g/mol. The van der Waals surface area contributed by atoms with Crippen molar-refractivity contribution in [3.8, 4) is 0 Å². The molecule has 0 aliphatic heterocycles. The van der Waals surface area contributed by atoms with E-state index in [1.165, 1.54) is 11.3 Å². The van der Waals surface area contributed by atoms with Crippen LogP contribution in [0.2, 0.25) is 0 Å². The summed E-state index contributed by atoms with van der Waals surface area (Å²) in [6.07, 6.45) is 0. The Balaban J connectivity index is 2.70. The maximum Gasteiger partial charge on any atom is 0.280 e. The molecule has 1 heterocycles. The fourth-order valence-corrected chi connectivity index (χ4v) is 1.60. The summed E-state index contributed by atoms with van der Waals surface area (Å²) >= 11 is 4.23. The van der Waals surface area contributed by atoms with E-state index in [9.17, 15) is 4.79 Å². The van der Waals surface area contributed by atoms with Gasteiger partial charge in [-0.1, -0.05) is 0 Å². The normalized spacial score (nSPS) is 9.83. The summed E-state index contributed by atoms with van der Waals surface area (Å²) in [5.41, 5.74) is 0.406. The lowest BCUT2D eigenvalue weighted by Crippen LogP contribution is -2.12. The molecule has 4 nitrogen and oxygen atoms in total. The molecule has 1 amide bonds. The van der Waals surface area contributed by atoms with E-state index < -0.39 is 0 Å². The number of ether oxygens (including phenoxy) is 1. The summed E-state index contributed by atoms with van der Waals surface area (Å²) in [5, 5.41) is 2.48. The van der Waals surface area contributed by atoms with Crippen molar-refractivity contribution in [2.24, 2.45) is 0 Å². The number of aromatic nitrogens is 1. The molecular formula is C6H7BrN2O2S. The molecule has 0 spiro atoms. The number of hydrogen-bond donors (Lipinski definition) is 1. The lowest BCUT2D eigenvalue weighted by Gasteiger charge is -1.91. The van der Waals surface area contributed by atoms with Crippen LogP contribution in [0.25, 0.3) is 0 Å². The zero-order valence-corrected chi connectivity index (χ0v) is 8.74. The van der Waals surface area contributed by atoms with Gasteiger partial charge < -0.3 is 4.74 Å². The van der Waals surface area contributed by atoms with Gasteiger partial charge in [0.05, 0.1) is 6.61 Å². The number of methoxy groups -OCH3 is 1. The van der Waals surface area contributed by atoms with E-state index in [0.29, 0.717) is 12.3 Å². The van der Waals surface area contributed by atoms with Crippen LogP contribution in [0, 0.1) is 0 Å². The fourth-order valence-electron chi connectivity index (χ4n) is 0.653. The topological polar surface area (TPSA) is 51.2 Å². The summed E-state index contributed by atoms with van der Waals surface area (Å²) in [6, 6.07) is 0. The summed E-state index contributed by atoms with van der Waals surface area (Å²) < 4.78 is 7.17. The Morgan fingerprint density at radius 2 is 2.67 bits per heavy atom. The van der Waals surface area contributed by atoms with Gasteiger partial charge in [0.1, 0.15) is 10.7 Å². The molecule has 0 radical (unpaired) electrons. The van der Waals surface area contributed by atoms with Crippen LogP contribution in [0.4, 0.5) is 0 Å². The van der Waals surface area contributed by atoms with Crippen LogP contribution in [-0.4, -0.2) is 18.0 Å². The second-order valence-corrected chi connectivity index (χ2v) is 3.32. The maximum absolute atomic E-state index is 11.0. The van der Waals surface area contributed by atoms with E-state index in [2.05, 4.69) is 25.5 Å². The third-order valence-electron chi connectivity index (χ3n) is 1.14. The molecule has 1 aromatic heterocycles. The largest absolute Gasteiger partial charge is 0.378 e. The minimum Gasteiger partial charge on any atom is -0.378 e. The molecule has 0 atom stereocenters. The summed E-state index contributed by atoms with van der Waals surface area (Å²) in [6.45, 7) is 0.445. The maximum atomic E-state index is 11.0. The highest BCUT2D eigenvalue weighted by molar-refractivity contribution is 9.08. The van der Waals surface area contributed by atoms with Gasteiger partial charge in [-0.15, -0.1) is 11.3 Å². The Bertz CT molecular complexity index is 276. The lowest BCUT2D eigenvalue weighted by molar-refractivity contribution is 0.0982. The number of carbonyl (C=O) groups is 1. The average Bonchev–Trinajstić information content (AvgIpc) is 2.52. The molecule has 0 aromatic carbocycles. The Labute approximate surface area is 82.3 Å². The van der Waals surface area contributed by atoms with Gasteiger partial charge in [0.25, 0.3) is 5.91 Å². The van der Waals surface area contributed by atoms with Crippen molar-refractivity contribution in [1.82, 2.24) is 9.33 Å². The molecule has 0 unspecified atom stereocenters. The monoisotopic (exact) mass is 250 g/mol. The van der Waals surface area contributed by atoms with E-state index in [0.717, 1.165) is 5.01 Å². The smallest absolute Gasteiger partial charge is 0.280 e. The van der Waals surface area contributed by atoms with Crippen molar-refractivity contribution in [2.45, 2.75) is 6.61 Å². The summed E-state index contributed by atoms with van der Waals surface area (Å²) in [5.74, 6) is -0.242. The first-order chi connectivity index (χ1) is 5.77. The predicted octanol–water partition coefficient (Wildman–Crippen LogP) is 1.33. The van der Waals surface area contributed by atoms with Crippen LogP contribution in [0.3, 0.4) is 0 Å². The van der Waals surface area contributed by atoms with Crippen molar-refractivity contribution in [3.05, 3.63) is 16.1 Å². The Hall–Kier alpha value is -0.460. The number of carbonyl (C=O) groups excluding carboxylic acids is 1. The minimum atomic E-state index is -0.242. The molecule has 12 heavy (non-hydrogen) atoms. The van der Waals surface area contributed by atoms with E-state index in [1.54, 1.807) is 12.5 Å². The van der Waals surface area contributed by atoms with Crippen LogP contribution in [0.1, 0.15) is 15.5 Å². The molecule has 0 fully saturated rings. The fraction of sp³-hybridized carbons (Fsp3) is 0.333. The van der Waals surface area contributed by atoms with Crippen LogP contribution < -0.4 is 4.34 Å². The van der Waals surface area contributed by atoms with Crippen molar-refractivity contribution >= 4 is 33.4 Å². The molecule has 0 aliphatic carbocycles. The van der Waals surface area contributed by atoms with Crippen LogP contribution in [0.15, 0.2) is 5.38 Å². The van der Waals surface area contributed by atoms with E-state index in [1.807, 2.05) is 0 Å².